The van der Waals surface area contributed by atoms with Crippen molar-refractivity contribution in [3.05, 3.63) is 110 Å². The van der Waals surface area contributed by atoms with Crippen LogP contribution in [0.15, 0.2) is 71.8 Å². The maximum atomic E-state index is 13.8. The fraction of sp³-hybridized carbons (Fsp3) is 0.185. The lowest BCUT2D eigenvalue weighted by Gasteiger charge is -2.29. The van der Waals surface area contributed by atoms with Gasteiger partial charge in [-0.05, 0) is 48.4 Å². The number of halogens is 2. The number of carbonyl (C=O) groups is 1. The predicted octanol–water partition coefficient (Wildman–Crippen LogP) is 4.75. The molecule has 1 amide bonds. The average Bonchev–Trinajstić information content (AvgIpc) is 2.93. The number of methoxy groups -OCH3 is 1. The molecule has 0 spiro atoms. The summed E-state index contributed by atoms with van der Waals surface area (Å²) < 4.78 is 7.07. The molecule has 0 atom stereocenters. The molecule has 0 saturated carbocycles. The molecule has 1 N–H and O–H groups in total. The smallest absolute Gasteiger partial charge is 0.263 e. The third-order valence-electron chi connectivity index (χ3n) is 6.19. The molecule has 5 rings (SSSR count). The number of para-hydroxylation sites is 2. The lowest BCUT2D eigenvalue weighted by molar-refractivity contribution is 0.0731. The number of benzene rings is 2. The number of aromatic nitrogens is 3. The highest BCUT2D eigenvalue weighted by Gasteiger charge is 2.28. The van der Waals surface area contributed by atoms with Gasteiger partial charge in [0.05, 0.1) is 35.1 Å². The second-order valence-electron chi connectivity index (χ2n) is 8.49. The summed E-state index contributed by atoms with van der Waals surface area (Å²) in [5, 5.41) is 3.97. The monoisotopic (exact) mass is 535 g/mol. The van der Waals surface area contributed by atoms with E-state index in [-0.39, 0.29) is 18.0 Å². The summed E-state index contributed by atoms with van der Waals surface area (Å²) in [6.45, 7) is 0.968. The molecule has 0 radical (unpaired) electrons. The second-order valence-corrected chi connectivity index (χ2v) is 9.31. The molecule has 0 unspecified atom stereocenters. The number of rotatable bonds is 6. The van der Waals surface area contributed by atoms with Gasteiger partial charge in [0, 0.05) is 36.6 Å². The van der Waals surface area contributed by atoms with E-state index < -0.39 is 0 Å². The van der Waals surface area contributed by atoms with Gasteiger partial charge in [0.1, 0.15) is 5.75 Å². The van der Waals surface area contributed by atoms with Gasteiger partial charge in [0.15, 0.2) is 0 Å². The third-order valence-corrected chi connectivity index (χ3v) is 6.93. The zero-order valence-corrected chi connectivity index (χ0v) is 21.5. The van der Waals surface area contributed by atoms with Crippen molar-refractivity contribution in [3.63, 3.8) is 0 Å². The van der Waals surface area contributed by atoms with Crippen molar-refractivity contribution < 1.29 is 9.53 Å². The molecular formula is C27H23Cl2N5O3. The first-order valence-corrected chi connectivity index (χ1v) is 12.4. The highest BCUT2D eigenvalue weighted by Crippen LogP contribution is 2.27. The topological polar surface area (TPSA) is 89.3 Å². The fourth-order valence-electron chi connectivity index (χ4n) is 4.31. The van der Waals surface area contributed by atoms with Crippen molar-refractivity contribution in [2.75, 3.05) is 19.0 Å². The number of carbonyl (C=O) groups excluding carboxylic acids is 1. The molecule has 8 nitrogen and oxygen atoms in total. The van der Waals surface area contributed by atoms with Crippen LogP contribution >= 0.6 is 23.2 Å². The first-order valence-electron chi connectivity index (χ1n) is 11.6. The number of hydrogen-bond acceptors (Lipinski definition) is 6. The molecule has 1 aliphatic heterocycles. The summed E-state index contributed by atoms with van der Waals surface area (Å²) in [5.41, 5.74) is 2.84. The number of fused-ring (bicyclic) bond motifs is 1. The number of nitrogens with zero attached hydrogens (tertiary/aromatic N) is 4. The summed E-state index contributed by atoms with van der Waals surface area (Å²) in [5.74, 6) is 0.689. The van der Waals surface area contributed by atoms with Crippen molar-refractivity contribution in [1.29, 1.82) is 0 Å². The Morgan fingerprint density at radius 3 is 2.70 bits per heavy atom. The normalized spacial score (nSPS) is 12.7. The Hall–Kier alpha value is -3.88. The second kappa shape index (κ2) is 10.6. The molecular weight excluding hydrogens is 513 g/mol. The molecule has 188 valence electrons. The number of ether oxygens (including phenoxy) is 1. The van der Waals surface area contributed by atoms with Crippen LogP contribution < -0.4 is 15.6 Å². The first-order chi connectivity index (χ1) is 18.0. The molecule has 0 saturated heterocycles. The summed E-state index contributed by atoms with van der Waals surface area (Å²) in [7, 11) is 1.56. The minimum Gasteiger partial charge on any atom is -0.495 e. The number of nitrogens with one attached hydrogen (secondary N) is 1. The van der Waals surface area contributed by atoms with Crippen LogP contribution in [0.5, 0.6) is 5.75 Å². The molecule has 3 heterocycles. The van der Waals surface area contributed by atoms with Gasteiger partial charge in [0.2, 0.25) is 5.95 Å². The minimum absolute atomic E-state index is 0.192. The average molecular weight is 536 g/mol. The van der Waals surface area contributed by atoms with Crippen LogP contribution in [0.25, 0.3) is 5.69 Å². The predicted molar refractivity (Wildman–Crippen MR) is 143 cm³/mol. The van der Waals surface area contributed by atoms with E-state index >= 15 is 0 Å². The highest BCUT2D eigenvalue weighted by molar-refractivity contribution is 6.42. The Bertz CT molecular complexity index is 1520. The van der Waals surface area contributed by atoms with E-state index in [1.807, 2.05) is 30.3 Å². The van der Waals surface area contributed by atoms with Gasteiger partial charge in [-0.15, -0.1) is 0 Å². The first kappa shape index (κ1) is 24.8. The molecule has 2 aromatic carbocycles. The van der Waals surface area contributed by atoms with Crippen LogP contribution in [0.3, 0.4) is 0 Å². The largest absolute Gasteiger partial charge is 0.495 e. The van der Waals surface area contributed by atoms with E-state index in [4.69, 9.17) is 32.9 Å². The third kappa shape index (κ3) is 5.03. The Morgan fingerprint density at radius 1 is 1.11 bits per heavy atom. The molecule has 37 heavy (non-hydrogen) atoms. The summed E-state index contributed by atoms with van der Waals surface area (Å²) >= 11 is 12.1. The van der Waals surface area contributed by atoms with Gasteiger partial charge in [-0.2, -0.15) is 0 Å². The Labute approximate surface area is 223 Å². The summed E-state index contributed by atoms with van der Waals surface area (Å²) in [6, 6.07) is 15.9. The molecule has 0 bridgehead atoms. The van der Waals surface area contributed by atoms with Crippen molar-refractivity contribution in [1.82, 2.24) is 19.4 Å². The van der Waals surface area contributed by atoms with E-state index in [0.29, 0.717) is 63.8 Å². The highest BCUT2D eigenvalue weighted by atomic mass is 35.5. The van der Waals surface area contributed by atoms with Gasteiger partial charge in [-0.3, -0.25) is 14.6 Å². The standard InChI is InChI=1S/C27H23Cl2N5O3/c1-37-24-7-3-2-6-23(24)34-26(36)19-10-12-33(25(35)18-8-9-20(28)21(29)13-18)16-22(19)32-27(34)31-15-17-5-4-11-30-14-17/h2-9,11,13-14H,10,12,15-16H2,1H3,(H,31,32). The SMILES string of the molecule is COc1ccccc1-n1c(NCc2cccnc2)nc2c(c1=O)CCN(C(=O)c1ccc(Cl)c(Cl)c1)C2. The number of anilines is 1. The van der Waals surface area contributed by atoms with Crippen LogP contribution in [0.4, 0.5) is 5.95 Å². The van der Waals surface area contributed by atoms with Crippen LogP contribution in [-0.2, 0) is 19.5 Å². The Kier molecular flexibility index (Phi) is 7.12. The molecule has 10 heteroatoms. The molecule has 4 aromatic rings. The molecule has 0 fully saturated rings. The number of pyridine rings is 1. The van der Waals surface area contributed by atoms with Gasteiger partial charge >= 0.3 is 0 Å². The van der Waals surface area contributed by atoms with E-state index in [0.717, 1.165) is 5.56 Å². The van der Waals surface area contributed by atoms with Gasteiger partial charge < -0.3 is 15.0 Å². The van der Waals surface area contributed by atoms with Crippen molar-refractivity contribution in [2.45, 2.75) is 19.5 Å². The van der Waals surface area contributed by atoms with Crippen molar-refractivity contribution in [3.8, 4) is 11.4 Å². The molecule has 1 aliphatic rings. The zero-order chi connectivity index (χ0) is 25.9. The van der Waals surface area contributed by atoms with E-state index in [1.54, 1.807) is 48.7 Å². The number of amides is 1. The maximum absolute atomic E-state index is 13.8. The minimum atomic E-state index is -0.204. The quantitative estimate of drug-likeness (QED) is 0.383. The molecule has 2 aromatic heterocycles. The van der Waals surface area contributed by atoms with Gasteiger partial charge in [-0.1, -0.05) is 41.4 Å². The van der Waals surface area contributed by atoms with Crippen LogP contribution in [0, 0.1) is 0 Å². The zero-order valence-electron chi connectivity index (χ0n) is 19.9. The van der Waals surface area contributed by atoms with E-state index in [1.165, 1.54) is 4.57 Å². The van der Waals surface area contributed by atoms with Crippen molar-refractivity contribution in [2.24, 2.45) is 0 Å². The summed E-state index contributed by atoms with van der Waals surface area (Å²) in [4.78, 5) is 37.7. The van der Waals surface area contributed by atoms with Crippen LogP contribution in [-0.4, -0.2) is 39.0 Å². The van der Waals surface area contributed by atoms with E-state index in [2.05, 4.69) is 10.3 Å². The Morgan fingerprint density at radius 2 is 1.95 bits per heavy atom. The van der Waals surface area contributed by atoms with Crippen molar-refractivity contribution >= 4 is 35.1 Å². The Balaban J connectivity index is 1.54. The fourth-order valence-corrected chi connectivity index (χ4v) is 4.61. The lowest BCUT2D eigenvalue weighted by Crippen LogP contribution is -2.41. The lowest BCUT2D eigenvalue weighted by atomic mass is 10.0. The van der Waals surface area contributed by atoms with Crippen LogP contribution in [0.2, 0.25) is 10.0 Å². The van der Waals surface area contributed by atoms with Crippen LogP contribution in [0.1, 0.15) is 27.2 Å². The molecule has 0 aliphatic carbocycles. The number of hydrogen-bond donors (Lipinski definition) is 1. The van der Waals surface area contributed by atoms with Gasteiger partial charge in [0.25, 0.3) is 11.5 Å². The van der Waals surface area contributed by atoms with Gasteiger partial charge in [-0.25, -0.2) is 9.55 Å². The van der Waals surface area contributed by atoms with E-state index in [9.17, 15) is 9.59 Å². The maximum Gasteiger partial charge on any atom is 0.263 e. The summed E-state index contributed by atoms with van der Waals surface area (Å²) in [6.07, 6.45) is 3.81.